The molecule has 1 fully saturated rings. The highest BCUT2D eigenvalue weighted by molar-refractivity contribution is 7.86. The predicted octanol–water partition coefficient (Wildman–Crippen LogP) is -0.525. The summed E-state index contributed by atoms with van der Waals surface area (Å²) in [7, 11) is -1.72. The lowest BCUT2D eigenvalue weighted by Gasteiger charge is -2.36. The normalized spacial score (nSPS) is 19.6. The van der Waals surface area contributed by atoms with E-state index in [9.17, 15) is 8.42 Å². The number of nitrogens with zero attached hydrogens (tertiary/aromatic N) is 3. The summed E-state index contributed by atoms with van der Waals surface area (Å²) in [6.45, 7) is 6.60. The van der Waals surface area contributed by atoms with Crippen molar-refractivity contribution in [3.05, 3.63) is 0 Å². The van der Waals surface area contributed by atoms with Crippen LogP contribution in [0, 0.1) is 0 Å². The van der Waals surface area contributed by atoms with Crippen molar-refractivity contribution in [3.8, 4) is 0 Å². The molecule has 8 heteroatoms. The van der Waals surface area contributed by atoms with Crippen LogP contribution >= 0.6 is 12.2 Å². The topological polar surface area (TPSA) is 69.9 Å². The third-order valence-electron chi connectivity index (χ3n) is 3.13. The minimum atomic E-state index is -3.34. The van der Waals surface area contributed by atoms with Gasteiger partial charge in [0.15, 0.2) is 0 Å². The molecule has 0 amide bonds. The van der Waals surface area contributed by atoms with E-state index in [4.69, 9.17) is 18.0 Å². The van der Waals surface area contributed by atoms with Crippen LogP contribution in [0.1, 0.15) is 13.8 Å². The molecule has 1 saturated heterocycles. The van der Waals surface area contributed by atoms with Gasteiger partial charge in [0.05, 0.1) is 4.99 Å². The molecule has 0 radical (unpaired) electrons. The van der Waals surface area contributed by atoms with Crippen LogP contribution in [-0.4, -0.2) is 72.7 Å². The minimum absolute atomic E-state index is 0.0374. The highest BCUT2D eigenvalue weighted by Crippen LogP contribution is 2.12. The van der Waals surface area contributed by atoms with Gasteiger partial charge in [0.2, 0.25) is 0 Å². The summed E-state index contributed by atoms with van der Waals surface area (Å²) in [6, 6.07) is -0.0374. The smallest absolute Gasteiger partial charge is 0.282 e. The van der Waals surface area contributed by atoms with Gasteiger partial charge in [0, 0.05) is 45.8 Å². The van der Waals surface area contributed by atoms with Crippen LogP contribution in [0.3, 0.4) is 0 Å². The van der Waals surface area contributed by atoms with Gasteiger partial charge in [0.25, 0.3) is 10.2 Å². The standard InChI is InChI=1S/C10H22N4O2S2/c1-9(2)12(3)18(15,16)14-6-4-13(5-7-14)8-10(11)17/h9H,4-8H2,1-3H3,(H2,11,17). The molecule has 0 saturated carbocycles. The summed E-state index contributed by atoms with van der Waals surface area (Å²) in [5.41, 5.74) is 5.48. The Labute approximate surface area is 115 Å². The van der Waals surface area contributed by atoms with Crippen molar-refractivity contribution in [1.29, 1.82) is 0 Å². The largest absolute Gasteiger partial charge is 0.392 e. The fourth-order valence-electron chi connectivity index (χ4n) is 1.79. The zero-order valence-electron chi connectivity index (χ0n) is 11.2. The van der Waals surface area contributed by atoms with Gasteiger partial charge in [-0.3, -0.25) is 4.90 Å². The molecule has 0 aromatic rings. The second kappa shape index (κ2) is 6.25. The number of hydrogen-bond donors (Lipinski definition) is 1. The fourth-order valence-corrected chi connectivity index (χ4v) is 3.49. The third kappa shape index (κ3) is 3.86. The molecule has 1 heterocycles. The molecule has 0 atom stereocenters. The molecule has 1 rings (SSSR count). The molecular weight excluding hydrogens is 272 g/mol. The number of thiocarbonyl (C=S) groups is 1. The second-order valence-electron chi connectivity index (χ2n) is 4.76. The lowest BCUT2D eigenvalue weighted by atomic mass is 10.3. The van der Waals surface area contributed by atoms with E-state index in [1.807, 2.05) is 13.8 Å². The van der Waals surface area contributed by atoms with Gasteiger partial charge in [0.1, 0.15) is 0 Å². The first-order valence-corrected chi connectivity index (χ1v) is 7.79. The molecule has 0 spiro atoms. The van der Waals surface area contributed by atoms with E-state index < -0.39 is 10.2 Å². The Hall–Kier alpha value is -0.280. The second-order valence-corrected chi connectivity index (χ2v) is 7.27. The third-order valence-corrected chi connectivity index (χ3v) is 5.42. The van der Waals surface area contributed by atoms with Crippen LogP contribution in [0.5, 0.6) is 0 Å². The summed E-state index contributed by atoms with van der Waals surface area (Å²) >= 11 is 4.85. The molecule has 0 aromatic carbocycles. The maximum atomic E-state index is 12.2. The SMILES string of the molecule is CC(C)N(C)S(=O)(=O)N1CCN(CC(N)=S)CC1. The summed E-state index contributed by atoms with van der Waals surface area (Å²) < 4.78 is 27.4. The molecule has 1 aliphatic heterocycles. The van der Waals surface area contributed by atoms with Crippen LogP contribution in [0.2, 0.25) is 0 Å². The van der Waals surface area contributed by atoms with Gasteiger partial charge < -0.3 is 5.73 Å². The van der Waals surface area contributed by atoms with Gasteiger partial charge >= 0.3 is 0 Å². The molecule has 1 aliphatic rings. The zero-order valence-corrected chi connectivity index (χ0v) is 12.8. The van der Waals surface area contributed by atoms with Crippen molar-refractivity contribution >= 4 is 27.4 Å². The summed E-state index contributed by atoms with van der Waals surface area (Å²) in [4.78, 5) is 2.52. The summed E-state index contributed by atoms with van der Waals surface area (Å²) in [5, 5.41) is 0. The molecule has 0 aliphatic carbocycles. The monoisotopic (exact) mass is 294 g/mol. The zero-order chi connectivity index (χ0) is 13.9. The van der Waals surface area contributed by atoms with Gasteiger partial charge in [-0.05, 0) is 13.8 Å². The molecule has 6 nitrogen and oxygen atoms in total. The molecule has 2 N–H and O–H groups in total. The number of hydrogen-bond acceptors (Lipinski definition) is 4. The Bertz CT molecular complexity index is 389. The maximum Gasteiger partial charge on any atom is 0.282 e. The number of nitrogens with two attached hydrogens (primary N) is 1. The van der Waals surface area contributed by atoms with Crippen LogP contribution < -0.4 is 5.73 Å². The van der Waals surface area contributed by atoms with Crippen LogP contribution in [0.25, 0.3) is 0 Å². The van der Waals surface area contributed by atoms with Gasteiger partial charge in [-0.1, -0.05) is 12.2 Å². The molecular formula is C10H22N4O2S2. The van der Waals surface area contributed by atoms with Crippen molar-refractivity contribution in [2.45, 2.75) is 19.9 Å². The first-order valence-electron chi connectivity index (χ1n) is 5.99. The summed E-state index contributed by atoms with van der Waals surface area (Å²) in [5.74, 6) is 0. The average molecular weight is 294 g/mol. The maximum absolute atomic E-state index is 12.2. The van der Waals surface area contributed by atoms with E-state index in [0.717, 1.165) is 0 Å². The Morgan fingerprint density at radius 1 is 1.33 bits per heavy atom. The summed E-state index contributed by atoms with van der Waals surface area (Å²) in [6.07, 6.45) is 0. The van der Waals surface area contributed by atoms with E-state index in [-0.39, 0.29) is 6.04 Å². The molecule has 106 valence electrons. The highest BCUT2D eigenvalue weighted by Gasteiger charge is 2.31. The van der Waals surface area contributed by atoms with E-state index in [0.29, 0.717) is 37.7 Å². The van der Waals surface area contributed by atoms with Crippen molar-refractivity contribution in [1.82, 2.24) is 13.5 Å². The van der Waals surface area contributed by atoms with Crippen LogP contribution in [0.4, 0.5) is 0 Å². The first-order chi connectivity index (χ1) is 8.25. The quantitative estimate of drug-likeness (QED) is 0.691. The van der Waals surface area contributed by atoms with E-state index in [2.05, 4.69) is 4.90 Å². The molecule has 0 unspecified atom stereocenters. The average Bonchev–Trinajstić information content (AvgIpc) is 2.27. The lowest BCUT2D eigenvalue weighted by molar-refractivity contribution is 0.200. The minimum Gasteiger partial charge on any atom is -0.392 e. The molecule has 0 bridgehead atoms. The molecule has 18 heavy (non-hydrogen) atoms. The van der Waals surface area contributed by atoms with Crippen LogP contribution in [-0.2, 0) is 10.2 Å². The van der Waals surface area contributed by atoms with Crippen molar-refractivity contribution in [3.63, 3.8) is 0 Å². The van der Waals surface area contributed by atoms with E-state index in [1.165, 1.54) is 8.61 Å². The fraction of sp³-hybridized carbons (Fsp3) is 0.900. The molecule has 0 aromatic heterocycles. The van der Waals surface area contributed by atoms with Gasteiger partial charge in [-0.15, -0.1) is 0 Å². The van der Waals surface area contributed by atoms with Crippen molar-refractivity contribution in [2.24, 2.45) is 5.73 Å². The number of rotatable bonds is 5. The van der Waals surface area contributed by atoms with Gasteiger partial charge in [-0.25, -0.2) is 0 Å². The van der Waals surface area contributed by atoms with Crippen molar-refractivity contribution in [2.75, 3.05) is 39.8 Å². The number of piperazine rings is 1. The van der Waals surface area contributed by atoms with Gasteiger partial charge in [-0.2, -0.15) is 17.0 Å². The Balaban J connectivity index is 2.60. The lowest BCUT2D eigenvalue weighted by Crippen LogP contribution is -2.54. The van der Waals surface area contributed by atoms with Crippen LogP contribution in [0.15, 0.2) is 0 Å². The predicted molar refractivity (Wildman–Crippen MR) is 76.6 cm³/mol. The Morgan fingerprint density at radius 2 is 1.83 bits per heavy atom. The Morgan fingerprint density at radius 3 is 2.22 bits per heavy atom. The Kier molecular flexibility index (Phi) is 5.47. The highest BCUT2D eigenvalue weighted by atomic mass is 32.2. The van der Waals surface area contributed by atoms with E-state index >= 15 is 0 Å². The van der Waals surface area contributed by atoms with E-state index in [1.54, 1.807) is 7.05 Å². The van der Waals surface area contributed by atoms with Crippen molar-refractivity contribution < 1.29 is 8.42 Å². The first kappa shape index (κ1) is 15.8.